The summed E-state index contributed by atoms with van der Waals surface area (Å²) >= 11 is 0.733. The second kappa shape index (κ2) is 8.93. The summed E-state index contributed by atoms with van der Waals surface area (Å²) < 4.78 is 37.4. The Hall–Kier alpha value is -3.78. The Labute approximate surface area is 180 Å². The van der Waals surface area contributed by atoms with E-state index in [0.29, 0.717) is 5.69 Å². The van der Waals surface area contributed by atoms with Crippen LogP contribution in [0.5, 0.6) is 11.9 Å². The van der Waals surface area contributed by atoms with Gasteiger partial charge in [-0.1, -0.05) is 11.3 Å². The van der Waals surface area contributed by atoms with Gasteiger partial charge in [0, 0.05) is 17.8 Å². The highest BCUT2D eigenvalue weighted by atomic mass is 32.2. The number of carbonyl (C=O) groups excluding carboxylic acids is 1. The number of benzene rings is 1. The van der Waals surface area contributed by atoms with E-state index in [9.17, 15) is 23.3 Å². The third kappa shape index (κ3) is 5.23. The van der Waals surface area contributed by atoms with Crippen LogP contribution < -0.4 is 19.5 Å². The van der Waals surface area contributed by atoms with Gasteiger partial charge in [0.2, 0.25) is 5.88 Å². The van der Waals surface area contributed by atoms with Crippen LogP contribution in [0.15, 0.2) is 47.4 Å². The molecule has 0 fully saturated rings. The van der Waals surface area contributed by atoms with Crippen LogP contribution in [-0.4, -0.2) is 43.4 Å². The van der Waals surface area contributed by atoms with Gasteiger partial charge in [-0.3, -0.25) is 19.6 Å². The van der Waals surface area contributed by atoms with Crippen LogP contribution in [0.4, 0.5) is 16.5 Å². The molecular weight excluding hydrogens is 450 g/mol. The summed E-state index contributed by atoms with van der Waals surface area (Å²) in [6, 6.07) is 9.11. The highest BCUT2D eigenvalue weighted by Gasteiger charge is 2.18. The lowest BCUT2D eigenvalue weighted by Gasteiger charge is -2.10. The molecule has 0 spiro atoms. The summed E-state index contributed by atoms with van der Waals surface area (Å²) in [4.78, 5) is 30.2. The van der Waals surface area contributed by atoms with Crippen LogP contribution in [0.1, 0.15) is 9.67 Å². The van der Waals surface area contributed by atoms with Crippen molar-refractivity contribution in [3.8, 4) is 11.9 Å². The van der Waals surface area contributed by atoms with Crippen molar-refractivity contribution in [2.75, 3.05) is 24.3 Å². The second-order valence-corrected chi connectivity index (χ2v) is 8.51. The van der Waals surface area contributed by atoms with Gasteiger partial charge in [-0.05, 0) is 30.3 Å². The predicted octanol–water partition coefficient (Wildman–Crippen LogP) is 2.52. The minimum absolute atomic E-state index is 0.0552. The molecule has 0 saturated carbocycles. The minimum Gasteiger partial charge on any atom is -0.481 e. The number of hydrogen-bond donors (Lipinski definition) is 2. The molecule has 31 heavy (non-hydrogen) atoms. The first-order valence-corrected chi connectivity index (χ1v) is 10.7. The second-order valence-electron chi connectivity index (χ2n) is 5.76. The number of amides is 1. The molecule has 0 aliphatic heterocycles. The standard InChI is InChI=1S/C17H15N5O7S2/c1-28-14-9-13(19-17(20-14)29-2)21-31(26,27)11-5-3-10(4-6-11)18-16(23)12-7-8-15(30-12)22(24)25/h3-9H,1-2H3,(H,18,23)(H,19,20,21). The third-order valence-electron chi connectivity index (χ3n) is 3.73. The monoisotopic (exact) mass is 465 g/mol. The number of ether oxygens (including phenoxy) is 2. The van der Waals surface area contributed by atoms with Gasteiger partial charge in [0.05, 0.1) is 28.9 Å². The molecule has 14 heteroatoms. The van der Waals surface area contributed by atoms with Crippen molar-refractivity contribution in [2.45, 2.75) is 4.90 Å². The molecule has 12 nitrogen and oxygen atoms in total. The number of anilines is 2. The molecule has 0 aliphatic carbocycles. The summed E-state index contributed by atoms with van der Waals surface area (Å²) in [6.45, 7) is 0. The van der Waals surface area contributed by atoms with E-state index in [1.165, 1.54) is 56.7 Å². The largest absolute Gasteiger partial charge is 0.481 e. The zero-order valence-corrected chi connectivity index (χ0v) is 17.7. The maximum atomic E-state index is 12.6. The van der Waals surface area contributed by atoms with Crippen molar-refractivity contribution in [2.24, 2.45) is 0 Å². The van der Waals surface area contributed by atoms with Gasteiger partial charge in [0.15, 0.2) is 5.82 Å². The number of methoxy groups -OCH3 is 2. The molecule has 0 radical (unpaired) electrons. The van der Waals surface area contributed by atoms with Crippen LogP contribution in [0.3, 0.4) is 0 Å². The van der Waals surface area contributed by atoms with Crippen LogP contribution in [0, 0.1) is 10.1 Å². The van der Waals surface area contributed by atoms with Crippen LogP contribution in [0.2, 0.25) is 0 Å². The lowest BCUT2D eigenvalue weighted by atomic mass is 10.3. The number of carbonyl (C=O) groups is 1. The molecule has 0 bridgehead atoms. The number of aromatic nitrogens is 2. The van der Waals surface area contributed by atoms with Gasteiger partial charge in [-0.15, -0.1) is 0 Å². The summed E-state index contributed by atoms with van der Waals surface area (Å²) in [5, 5.41) is 13.1. The molecule has 0 saturated heterocycles. The van der Waals surface area contributed by atoms with Crippen molar-refractivity contribution in [3.05, 3.63) is 57.5 Å². The van der Waals surface area contributed by atoms with E-state index in [1.807, 2.05) is 0 Å². The summed E-state index contributed by atoms with van der Waals surface area (Å²) in [7, 11) is -1.31. The molecule has 1 aromatic carbocycles. The van der Waals surface area contributed by atoms with Crippen molar-refractivity contribution in [1.82, 2.24) is 9.97 Å². The average Bonchev–Trinajstić information content (AvgIpc) is 3.24. The zero-order chi connectivity index (χ0) is 22.6. The molecule has 0 unspecified atom stereocenters. The number of sulfonamides is 1. The SMILES string of the molecule is COc1cc(NS(=O)(=O)c2ccc(NC(=O)c3ccc([N+](=O)[O-])s3)cc2)nc(OC)n1. The normalized spacial score (nSPS) is 10.9. The van der Waals surface area contributed by atoms with Gasteiger partial charge in [-0.25, -0.2) is 8.42 Å². The predicted molar refractivity (Wildman–Crippen MR) is 111 cm³/mol. The quantitative estimate of drug-likeness (QED) is 0.376. The van der Waals surface area contributed by atoms with Crippen molar-refractivity contribution in [3.63, 3.8) is 0 Å². The van der Waals surface area contributed by atoms with E-state index in [1.54, 1.807) is 0 Å². The number of nitrogens with one attached hydrogen (secondary N) is 2. The Morgan fingerprint density at radius 1 is 1.10 bits per heavy atom. The molecule has 3 rings (SSSR count). The lowest BCUT2D eigenvalue weighted by molar-refractivity contribution is -0.380. The third-order valence-corrected chi connectivity index (χ3v) is 6.14. The van der Waals surface area contributed by atoms with Gasteiger partial charge in [0.1, 0.15) is 0 Å². The van der Waals surface area contributed by atoms with Gasteiger partial charge < -0.3 is 14.8 Å². The molecular formula is C17H15N5O7S2. The Balaban J connectivity index is 1.74. The number of nitro groups is 1. The van der Waals surface area contributed by atoms with Crippen LogP contribution in [-0.2, 0) is 10.0 Å². The molecule has 0 atom stereocenters. The van der Waals surface area contributed by atoms with Gasteiger partial charge in [-0.2, -0.15) is 9.97 Å². The lowest BCUT2D eigenvalue weighted by Crippen LogP contribution is -2.15. The van der Waals surface area contributed by atoms with E-state index >= 15 is 0 Å². The fraction of sp³-hybridized carbons (Fsp3) is 0.118. The number of thiophene rings is 1. The highest BCUT2D eigenvalue weighted by molar-refractivity contribution is 7.92. The minimum atomic E-state index is -4.00. The number of rotatable bonds is 8. The van der Waals surface area contributed by atoms with E-state index < -0.39 is 20.9 Å². The Morgan fingerprint density at radius 3 is 2.39 bits per heavy atom. The molecule has 2 aromatic heterocycles. The number of nitrogens with zero attached hydrogens (tertiary/aromatic N) is 3. The summed E-state index contributed by atoms with van der Waals surface area (Å²) in [5.41, 5.74) is 0.311. The Kier molecular flexibility index (Phi) is 6.31. The molecule has 0 aliphatic rings. The first-order chi connectivity index (χ1) is 14.7. The molecule has 162 valence electrons. The summed E-state index contributed by atoms with van der Waals surface area (Å²) in [6.07, 6.45) is 0. The highest BCUT2D eigenvalue weighted by Crippen LogP contribution is 2.25. The molecule has 3 aromatic rings. The van der Waals surface area contributed by atoms with Crippen LogP contribution >= 0.6 is 11.3 Å². The topological polar surface area (TPSA) is 163 Å². The molecule has 2 heterocycles. The van der Waals surface area contributed by atoms with Crippen molar-refractivity contribution >= 4 is 43.8 Å². The first-order valence-electron chi connectivity index (χ1n) is 8.37. The maximum Gasteiger partial charge on any atom is 0.324 e. The molecule has 1 amide bonds. The van der Waals surface area contributed by atoms with Crippen molar-refractivity contribution in [1.29, 1.82) is 0 Å². The van der Waals surface area contributed by atoms with Crippen LogP contribution in [0.25, 0.3) is 0 Å². The first kappa shape index (κ1) is 21.9. The molecule has 2 N–H and O–H groups in total. The number of hydrogen-bond acceptors (Lipinski definition) is 10. The fourth-order valence-corrected chi connectivity index (χ4v) is 4.01. The average molecular weight is 465 g/mol. The fourth-order valence-electron chi connectivity index (χ4n) is 2.31. The van der Waals surface area contributed by atoms with E-state index in [-0.39, 0.29) is 32.5 Å². The van der Waals surface area contributed by atoms with Crippen molar-refractivity contribution < 1.29 is 27.6 Å². The Morgan fingerprint density at radius 2 is 1.81 bits per heavy atom. The van der Waals surface area contributed by atoms with E-state index in [0.717, 1.165) is 11.3 Å². The van der Waals surface area contributed by atoms with Gasteiger partial charge in [0.25, 0.3) is 15.9 Å². The smallest absolute Gasteiger partial charge is 0.324 e. The zero-order valence-electron chi connectivity index (χ0n) is 16.1. The van der Waals surface area contributed by atoms with E-state index in [4.69, 9.17) is 9.47 Å². The maximum absolute atomic E-state index is 12.6. The van der Waals surface area contributed by atoms with E-state index in [2.05, 4.69) is 20.0 Å². The Bertz CT molecular complexity index is 1200. The van der Waals surface area contributed by atoms with Gasteiger partial charge >= 0.3 is 11.0 Å². The summed E-state index contributed by atoms with van der Waals surface area (Å²) in [5.74, 6) is -0.496.